The van der Waals surface area contributed by atoms with Gasteiger partial charge < -0.3 is 14.4 Å². The van der Waals surface area contributed by atoms with Crippen LogP contribution in [-0.4, -0.2) is 22.8 Å². The Balaban J connectivity index is 2.03. The van der Waals surface area contributed by atoms with Crippen LogP contribution in [0.5, 0.6) is 5.75 Å². The van der Waals surface area contributed by atoms with Gasteiger partial charge in [0.05, 0.1) is 12.8 Å². The molecular weight excluding hydrogens is 392 g/mol. The number of methoxy groups -OCH3 is 1. The molecule has 0 spiro atoms. The van der Waals surface area contributed by atoms with Crippen molar-refractivity contribution >= 4 is 5.97 Å². The lowest BCUT2D eigenvalue weighted by atomic mass is 9.86. The monoisotopic (exact) mass is 411 g/mol. The molecule has 7 heteroatoms. The summed E-state index contributed by atoms with van der Waals surface area (Å²) in [5.41, 5.74) is 3.44. The minimum Gasteiger partial charge on any atom is -0.496 e. The number of carbonyl (C=O) groups is 1. The van der Waals surface area contributed by atoms with Gasteiger partial charge in [-0.05, 0) is 47.7 Å². The van der Waals surface area contributed by atoms with Crippen molar-refractivity contribution < 1.29 is 23.4 Å². The summed E-state index contributed by atoms with van der Waals surface area (Å²) in [5, 5.41) is 9.26. The van der Waals surface area contributed by atoms with Crippen molar-refractivity contribution in [2.45, 2.75) is 26.3 Å². The Morgan fingerprint density at radius 2 is 1.93 bits per heavy atom. The number of carboxylic acids is 1. The molecular formula is C23H19F2NO4. The normalized spacial score (nSPS) is 12.3. The maximum absolute atomic E-state index is 13.9. The molecule has 0 saturated heterocycles. The Kier molecular flexibility index (Phi) is 4.89. The highest BCUT2D eigenvalue weighted by atomic mass is 19.2. The van der Waals surface area contributed by atoms with E-state index in [0.29, 0.717) is 42.0 Å². The van der Waals surface area contributed by atoms with Crippen molar-refractivity contribution in [3.8, 4) is 28.1 Å². The quantitative estimate of drug-likeness (QED) is 0.696. The average Bonchev–Trinajstić information content (AvgIpc) is 2.73. The third-order valence-electron chi connectivity index (χ3n) is 5.52. The number of hydrogen-bond donors (Lipinski definition) is 1. The molecule has 1 aromatic heterocycles. The lowest BCUT2D eigenvalue weighted by molar-refractivity contribution is 0.0694. The fraction of sp³-hybridized carbons (Fsp3) is 0.217. The summed E-state index contributed by atoms with van der Waals surface area (Å²) in [6.45, 7) is 2.49. The molecule has 4 rings (SSSR count). The lowest BCUT2D eigenvalue weighted by Gasteiger charge is -2.27. The van der Waals surface area contributed by atoms with Crippen LogP contribution in [0, 0.1) is 11.6 Å². The molecule has 0 unspecified atom stereocenters. The van der Waals surface area contributed by atoms with E-state index in [1.165, 1.54) is 25.4 Å². The average molecular weight is 411 g/mol. The molecule has 5 nitrogen and oxygen atoms in total. The molecule has 1 aliphatic heterocycles. The van der Waals surface area contributed by atoms with Gasteiger partial charge >= 0.3 is 5.97 Å². The number of aryl methyl sites for hydroxylation is 1. The summed E-state index contributed by atoms with van der Waals surface area (Å²) < 4.78 is 34.8. The van der Waals surface area contributed by atoms with Crippen LogP contribution in [0.3, 0.4) is 0 Å². The van der Waals surface area contributed by atoms with Crippen molar-refractivity contribution in [2.75, 3.05) is 7.11 Å². The summed E-state index contributed by atoms with van der Waals surface area (Å²) in [4.78, 5) is 23.7. The second-order valence-corrected chi connectivity index (χ2v) is 7.13. The molecule has 2 heterocycles. The summed E-state index contributed by atoms with van der Waals surface area (Å²) in [6, 6.07) is 6.77. The van der Waals surface area contributed by atoms with Crippen LogP contribution in [0.4, 0.5) is 8.78 Å². The molecule has 2 aromatic carbocycles. The number of hydrogen-bond acceptors (Lipinski definition) is 3. The van der Waals surface area contributed by atoms with Crippen molar-refractivity contribution in [1.82, 2.24) is 4.57 Å². The zero-order valence-electron chi connectivity index (χ0n) is 16.5. The molecule has 30 heavy (non-hydrogen) atoms. The first-order chi connectivity index (χ1) is 14.3. The molecule has 0 fully saturated rings. The Morgan fingerprint density at radius 1 is 1.17 bits per heavy atom. The number of pyridine rings is 1. The van der Waals surface area contributed by atoms with Gasteiger partial charge in [0.25, 0.3) is 0 Å². The number of fused-ring (bicyclic) bond motifs is 3. The largest absolute Gasteiger partial charge is 0.496 e. The van der Waals surface area contributed by atoms with Crippen LogP contribution in [-0.2, 0) is 19.4 Å². The number of ether oxygens (including phenoxy) is 1. The van der Waals surface area contributed by atoms with Gasteiger partial charge in [0, 0.05) is 29.9 Å². The Hall–Kier alpha value is -3.48. The second-order valence-electron chi connectivity index (χ2n) is 7.13. The highest BCUT2D eigenvalue weighted by Gasteiger charge is 2.25. The maximum atomic E-state index is 13.9. The van der Waals surface area contributed by atoms with Crippen LogP contribution in [0.1, 0.15) is 28.4 Å². The van der Waals surface area contributed by atoms with Gasteiger partial charge in [-0.15, -0.1) is 0 Å². The first-order valence-corrected chi connectivity index (χ1v) is 9.52. The minimum atomic E-state index is -1.27. The van der Waals surface area contributed by atoms with E-state index in [-0.39, 0.29) is 5.56 Å². The van der Waals surface area contributed by atoms with Gasteiger partial charge in [0.15, 0.2) is 17.1 Å². The molecule has 0 atom stereocenters. The Labute approximate surface area is 171 Å². The molecule has 154 valence electrons. The second kappa shape index (κ2) is 7.40. The van der Waals surface area contributed by atoms with E-state index >= 15 is 0 Å². The molecule has 1 N–H and O–H groups in total. The molecule has 0 bridgehead atoms. The number of aromatic carboxylic acids is 1. The highest BCUT2D eigenvalue weighted by Crippen LogP contribution is 2.43. The number of rotatable bonds is 4. The molecule has 0 radical (unpaired) electrons. The van der Waals surface area contributed by atoms with E-state index in [9.17, 15) is 23.5 Å². The predicted molar refractivity (Wildman–Crippen MR) is 108 cm³/mol. The summed E-state index contributed by atoms with van der Waals surface area (Å²) in [7, 11) is 1.53. The topological polar surface area (TPSA) is 68.5 Å². The lowest BCUT2D eigenvalue weighted by Crippen LogP contribution is -2.22. The third-order valence-corrected chi connectivity index (χ3v) is 5.52. The first-order valence-electron chi connectivity index (χ1n) is 9.52. The Bertz CT molecular complexity index is 1250. The Morgan fingerprint density at radius 3 is 2.57 bits per heavy atom. The minimum absolute atomic E-state index is 0.285. The molecule has 0 amide bonds. The van der Waals surface area contributed by atoms with Gasteiger partial charge in [0.2, 0.25) is 0 Å². The van der Waals surface area contributed by atoms with Crippen LogP contribution >= 0.6 is 0 Å². The number of nitrogens with zero attached hydrogens (tertiary/aromatic N) is 1. The third kappa shape index (κ3) is 3.07. The smallest absolute Gasteiger partial charge is 0.341 e. The molecule has 3 aromatic rings. The number of aromatic nitrogens is 1. The van der Waals surface area contributed by atoms with E-state index in [2.05, 4.69) is 0 Å². The van der Waals surface area contributed by atoms with Gasteiger partial charge in [-0.2, -0.15) is 0 Å². The standard InChI is InChI=1S/C23H19F2NO4/c1-3-13-14-6-7-26-11-17(23(28)29)21(27)10-20(26)16(14)9-15(22(13)30-2)12-4-5-18(24)19(25)8-12/h4-5,8-11H,3,6-7H2,1-2H3,(H,28,29). The maximum Gasteiger partial charge on any atom is 0.341 e. The van der Waals surface area contributed by atoms with E-state index in [1.807, 2.05) is 6.92 Å². The van der Waals surface area contributed by atoms with Crippen LogP contribution in [0.15, 0.2) is 41.3 Å². The van der Waals surface area contributed by atoms with Gasteiger partial charge in [0.1, 0.15) is 11.3 Å². The first kappa shape index (κ1) is 19.8. The molecule has 0 saturated carbocycles. The molecule has 0 aliphatic carbocycles. The SMILES string of the molecule is CCc1c2c(cc(-c3ccc(F)c(F)c3)c1OC)-c1cc(=O)c(C(=O)O)cn1CC2. The van der Waals surface area contributed by atoms with E-state index in [1.54, 1.807) is 10.6 Å². The van der Waals surface area contributed by atoms with Crippen LogP contribution < -0.4 is 10.2 Å². The fourth-order valence-corrected chi connectivity index (χ4v) is 4.14. The number of benzene rings is 2. The van der Waals surface area contributed by atoms with Gasteiger partial charge in [-0.1, -0.05) is 13.0 Å². The van der Waals surface area contributed by atoms with Crippen molar-refractivity contribution in [3.05, 3.63) is 75.1 Å². The van der Waals surface area contributed by atoms with Crippen molar-refractivity contribution in [2.24, 2.45) is 0 Å². The number of carboxylic acid groups (broad SMARTS) is 1. The highest BCUT2D eigenvalue weighted by molar-refractivity contribution is 5.88. The van der Waals surface area contributed by atoms with Crippen molar-refractivity contribution in [3.63, 3.8) is 0 Å². The van der Waals surface area contributed by atoms with Crippen LogP contribution in [0.2, 0.25) is 0 Å². The van der Waals surface area contributed by atoms with Crippen LogP contribution in [0.25, 0.3) is 22.4 Å². The van der Waals surface area contributed by atoms with E-state index < -0.39 is 23.0 Å². The van der Waals surface area contributed by atoms with Gasteiger partial charge in [-0.25, -0.2) is 13.6 Å². The number of halogens is 2. The predicted octanol–water partition coefficient (Wildman–Crippen LogP) is 4.29. The summed E-state index contributed by atoms with van der Waals surface area (Å²) >= 11 is 0. The summed E-state index contributed by atoms with van der Waals surface area (Å²) in [5.74, 6) is -2.59. The fourth-order valence-electron chi connectivity index (χ4n) is 4.14. The zero-order chi connectivity index (χ0) is 21.6. The van der Waals surface area contributed by atoms with Gasteiger partial charge in [-0.3, -0.25) is 4.79 Å². The van der Waals surface area contributed by atoms with E-state index in [0.717, 1.165) is 28.8 Å². The summed E-state index contributed by atoms with van der Waals surface area (Å²) in [6.07, 6.45) is 2.62. The van der Waals surface area contributed by atoms with E-state index in [4.69, 9.17) is 4.74 Å². The van der Waals surface area contributed by atoms with Crippen molar-refractivity contribution in [1.29, 1.82) is 0 Å². The molecule has 1 aliphatic rings. The zero-order valence-corrected chi connectivity index (χ0v) is 16.5.